The van der Waals surface area contributed by atoms with Gasteiger partial charge in [-0.15, -0.1) is 0 Å². The van der Waals surface area contributed by atoms with Crippen LogP contribution in [0.4, 0.5) is 4.39 Å². The van der Waals surface area contributed by atoms with Gasteiger partial charge < -0.3 is 9.63 Å². The standard InChI is InChI=1S/C14H9FN2O3/c15-11-6-5-10(8-3-1-2-4-9(8)11)14-16-12(20-17-14)7-13(18)19/h1-6H,7H2,(H,18,19). The monoisotopic (exact) mass is 272 g/mol. The van der Waals surface area contributed by atoms with Crippen molar-refractivity contribution in [2.45, 2.75) is 6.42 Å². The van der Waals surface area contributed by atoms with Crippen LogP contribution in [-0.2, 0) is 11.2 Å². The third-order valence-electron chi connectivity index (χ3n) is 2.88. The Bertz CT molecular complexity index is 798. The van der Waals surface area contributed by atoms with Gasteiger partial charge in [0.05, 0.1) is 0 Å². The SMILES string of the molecule is O=C(O)Cc1nc(-c2ccc(F)c3ccccc23)no1. The third-order valence-corrected chi connectivity index (χ3v) is 2.88. The normalized spacial score (nSPS) is 10.8. The minimum Gasteiger partial charge on any atom is -0.481 e. The topological polar surface area (TPSA) is 76.2 Å². The molecular formula is C14H9FN2O3. The molecule has 6 heteroatoms. The molecule has 0 fully saturated rings. The number of benzene rings is 2. The molecule has 0 atom stereocenters. The molecule has 1 aromatic heterocycles. The highest BCUT2D eigenvalue weighted by molar-refractivity contribution is 5.95. The number of carboxylic acid groups (broad SMARTS) is 1. The van der Waals surface area contributed by atoms with E-state index in [4.69, 9.17) is 9.63 Å². The van der Waals surface area contributed by atoms with Crippen LogP contribution >= 0.6 is 0 Å². The van der Waals surface area contributed by atoms with E-state index < -0.39 is 5.97 Å². The molecule has 3 rings (SSSR count). The summed E-state index contributed by atoms with van der Waals surface area (Å²) in [6.07, 6.45) is -0.341. The van der Waals surface area contributed by atoms with E-state index in [1.807, 2.05) is 0 Å². The van der Waals surface area contributed by atoms with E-state index in [1.54, 1.807) is 30.3 Å². The molecule has 20 heavy (non-hydrogen) atoms. The van der Waals surface area contributed by atoms with Crippen LogP contribution in [0.5, 0.6) is 0 Å². The number of hydrogen-bond donors (Lipinski definition) is 1. The molecule has 0 unspecified atom stereocenters. The first kappa shape index (κ1) is 12.3. The van der Waals surface area contributed by atoms with E-state index in [2.05, 4.69) is 10.1 Å². The van der Waals surface area contributed by atoms with E-state index >= 15 is 0 Å². The van der Waals surface area contributed by atoms with Gasteiger partial charge in [0.2, 0.25) is 11.7 Å². The number of carboxylic acids is 1. The van der Waals surface area contributed by atoms with E-state index in [0.717, 1.165) is 0 Å². The molecule has 0 radical (unpaired) electrons. The fourth-order valence-electron chi connectivity index (χ4n) is 2.02. The molecule has 2 aromatic carbocycles. The van der Waals surface area contributed by atoms with Crippen LogP contribution in [-0.4, -0.2) is 21.2 Å². The lowest BCUT2D eigenvalue weighted by Crippen LogP contribution is -1.99. The van der Waals surface area contributed by atoms with Crippen molar-refractivity contribution in [2.24, 2.45) is 0 Å². The summed E-state index contributed by atoms with van der Waals surface area (Å²) < 4.78 is 18.6. The first-order valence-corrected chi connectivity index (χ1v) is 5.87. The van der Waals surface area contributed by atoms with Crippen LogP contribution in [0.2, 0.25) is 0 Å². The molecule has 5 nitrogen and oxygen atoms in total. The summed E-state index contributed by atoms with van der Waals surface area (Å²) in [4.78, 5) is 14.6. The Balaban J connectivity index is 2.13. The average molecular weight is 272 g/mol. The Labute approximate surface area is 112 Å². The Morgan fingerprint density at radius 2 is 1.95 bits per heavy atom. The van der Waals surface area contributed by atoms with Gasteiger partial charge >= 0.3 is 5.97 Å². The lowest BCUT2D eigenvalue weighted by Gasteiger charge is -2.03. The molecule has 100 valence electrons. The maximum atomic E-state index is 13.7. The van der Waals surface area contributed by atoms with Gasteiger partial charge in [-0.2, -0.15) is 4.98 Å². The van der Waals surface area contributed by atoms with Crippen molar-refractivity contribution >= 4 is 16.7 Å². The van der Waals surface area contributed by atoms with Crippen molar-refractivity contribution in [1.29, 1.82) is 0 Å². The first-order chi connectivity index (χ1) is 9.65. The van der Waals surface area contributed by atoms with Gasteiger partial charge in [-0.1, -0.05) is 29.4 Å². The second-order valence-electron chi connectivity index (χ2n) is 4.22. The predicted octanol–water partition coefficient (Wildman–Crippen LogP) is 2.66. The van der Waals surface area contributed by atoms with Gasteiger partial charge in [-0.25, -0.2) is 4.39 Å². The average Bonchev–Trinajstić information content (AvgIpc) is 2.87. The Kier molecular flexibility index (Phi) is 2.90. The lowest BCUT2D eigenvalue weighted by atomic mass is 10.0. The summed E-state index contributed by atoms with van der Waals surface area (Å²) >= 11 is 0. The smallest absolute Gasteiger partial charge is 0.312 e. The van der Waals surface area contributed by atoms with E-state index in [-0.39, 0.29) is 24.0 Å². The molecule has 0 bridgehead atoms. The number of nitrogens with zero attached hydrogens (tertiary/aromatic N) is 2. The van der Waals surface area contributed by atoms with Gasteiger partial charge in [0.15, 0.2) is 0 Å². The van der Waals surface area contributed by atoms with Crippen LogP contribution in [0.1, 0.15) is 5.89 Å². The molecule has 0 aliphatic heterocycles. The minimum absolute atomic E-state index is 0.0147. The number of aliphatic carboxylic acids is 1. The second-order valence-corrected chi connectivity index (χ2v) is 4.22. The zero-order chi connectivity index (χ0) is 14.1. The number of carbonyl (C=O) groups is 1. The predicted molar refractivity (Wildman–Crippen MR) is 68.5 cm³/mol. The van der Waals surface area contributed by atoms with Crippen molar-refractivity contribution in [3.05, 3.63) is 48.1 Å². The van der Waals surface area contributed by atoms with Crippen LogP contribution in [0.25, 0.3) is 22.2 Å². The number of halogens is 1. The molecule has 0 spiro atoms. The van der Waals surface area contributed by atoms with Crippen LogP contribution < -0.4 is 0 Å². The quantitative estimate of drug-likeness (QED) is 0.793. The molecule has 0 saturated heterocycles. The van der Waals surface area contributed by atoms with Crippen molar-refractivity contribution in [2.75, 3.05) is 0 Å². The summed E-state index contributed by atoms with van der Waals surface area (Å²) in [6.45, 7) is 0. The summed E-state index contributed by atoms with van der Waals surface area (Å²) in [5.41, 5.74) is 0.599. The zero-order valence-corrected chi connectivity index (χ0v) is 10.2. The maximum absolute atomic E-state index is 13.7. The molecule has 1 heterocycles. The molecular weight excluding hydrogens is 263 g/mol. The maximum Gasteiger partial charge on any atom is 0.312 e. The Morgan fingerprint density at radius 1 is 1.20 bits per heavy atom. The van der Waals surface area contributed by atoms with Crippen LogP contribution in [0, 0.1) is 5.82 Å². The zero-order valence-electron chi connectivity index (χ0n) is 10.2. The van der Waals surface area contributed by atoms with Crippen LogP contribution in [0.3, 0.4) is 0 Å². The number of fused-ring (bicyclic) bond motifs is 1. The van der Waals surface area contributed by atoms with Crippen molar-refractivity contribution in [3.8, 4) is 11.4 Å². The highest BCUT2D eigenvalue weighted by Crippen LogP contribution is 2.28. The van der Waals surface area contributed by atoms with Gasteiger partial charge in [-0.05, 0) is 17.5 Å². The summed E-state index contributed by atoms with van der Waals surface area (Å²) in [5.74, 6) is -1.12. The molecule has 0 amide bonds. The van der Waals surface area contributed by atoms with Crippen molar-refractivity contribution in [3.63, 3.8) is 0 Å². The molecule has 0 saturated carbocycles. The highest BCUT2D eigenvalue weighted by Gasteiger charge is 2.14. The van der Waals surface area contributed by atoms with E-state index in [1.165, 1.54) is 6.07 Å². The minimum atomic E-state index is -1.05. The van der Waals surface area contributed by atoms with Crippen LogP contribution in [0.15, 0.2) is 40.9 Å². The number of rotatable bonds is 3. The largest absolute Gasteiger partial charge is 0.481 e. The molecule has 0 aliphatic rings. The molecule has 3 aromatic rings. The first-order valence-electron chi connectivity index (χ1n) is 5.87. The summed E-state index contributed by atoms with van der Waals surface area (Å²) in [5, 5.41) is 13.5. The summed E-state index contributed by atoms with van der Waals surface area (Å²) in [7, 11) is 0. The highest BCUT2D eigenvalue weighted by atomic mass is 19.1. The molecule has 1 N–H and O–H groups in total. The number of hydrogen-bond acceptors (Lipinski definition) is 4. The third kappa shape index (κ3) is 2.11. The lowest BCUT2D eigenvalue weighted by molar-refractivity contribution is -0.136. The summed E-state index contributed by atoms with van der Waals surface area (Å²) in [6, 6.07) is 9.80. The van der Waals surface area contributed by atoms with E-state index in [9.17, 15) is 9.18 Å². The van der Waals surface area contributed by atoms with E-state index in [0.29, 0.717) is 16.3 Å². The van der Waals surface area contributed by atoms with Crippen molar-refractivity contribution < 1.29 is 18.8 Å². The fraction of sp³-hybridized carbons (Fsp3) is 0.0714. The Hall–Kier alpha value is -2.76. The van der Waals surface area contributed by atoms with Gasteiger partial charge in [0, 0.05) is 10.9 Å². The van der Waals surface area contributed by atoms with Gasteiger partial charge in [0.1, 0.15) is 12.2 Å². The Morgan fingerprint density at radius 3 is 2.70 bits per heavy atom. The van der Waals surface area contributed by atoms with Crippen molar-refractivity contribution in [1.82, 2.24) is 10.1 Å². The fourth-order valence-corrected chi connectivity index (χ4v) is 2.02. The number of aromatic nitrogens is 2. The molecule has 0 aliphatic carbocycles. The van der Waals surface area contributed by atoms with Gasteiger partial charge in [-0.3, -0.25) is 4.79 Å². The van der Waals surface area contributed by atoms with Gasteiger partial charge in [0.25, 0.3) is 0 Å². The second kappa shape index (κ2) is 4.73.